The first-order chi connectivity index (χ1) is 13.2. The second-order valence-electron chi connectivity index (χ2n) is 5.89. The summed E-state index contributed by atoms with van der Waals surface area (Å²) in [6.07, 6.45) is -5.14. The van der Waals surface area contributed by atoms with E-state index in [0.717, 1.165) is 12.3 Å². The number of ether oxygens (including phenoxy) is 3. The minimum absolute atomic E-state index is 0.0342. The number of aromatic nitrogens is 2. The van der Waals surface area contributed by atoms with Gasteiger partial charge in [-0.25, -0.2) is 9.59 Å². The molecular formula is C15H20F2N4O7. The molecular weight excluding hydrogens is 386 g/mol. The summed E-state index contributed by atoms with van der Waals surface area (Å²) in [4.78, 5) is 37.9. The van der Waals surface area contributed by atoms with E-state index >= 15 is 0 Å². The van der Waals surface area contributed by atoms with E-state index in [2.05, 4.69) is 15.0 Å². The molecule has 0 amide bonds. The van der Waals surface area contributed by atoms with Crippen LogP contribution in [0.5, 0.6) is 0 Å². The van der Waals surface area contributed by atoms with E-state index in [1.54, 1.807) is 7.05 Å². The number of nitrogens with two attached hydrogens (primary N) is 1. The highest BCUT2D eigenvalue weighted by atomic mass is 19.3. The Morgan fingerprint density at radius 2 is 2.14 bits per heavy atom. The number of alkyl halides is 2. The lowest BCUT2D eigenvalue weighted by Gasteiger charge is -2.20. The van der Waals surface area contributed by atoms with Crippen molar-refractivity contribution in [1.29, 1.82) is 0 Å². The molecule has 1 aromatic rings. The van der Waals surface area contributed by atoms with E-state index in [-0.39, 0.29) is 12.2 Å². The van der Waals surface area contributed by atoms with Crippen molar-refractivity contribution in [3.63, 3.8) is 0 Å². The number of carbonyl (C=O) groups is 2. The number of nitrogens with zero attached hydrogens (tertiary/aromatic N) is 2. The van der Waals surface area contributed by atoms with Gasteiger partial charge in [-0.2, -0.15) is 13.8 Å². The smallest absolute Gasteiger partial charge is 0.351 e. The highest BCUT2D eigenvalue weighted by Gasteiger charge is 2.60. The highest BCUT2D eigenvalue weighted by Crippen LogP contribution is 2.42. The molecule has 0 bridgehead atoms. The van der Waals surface area contributed by atoms with Crippen LogP contribution in [0.4, 0.5) is 14.6 Å². The Morgan fingerprint density at radius 3 is 2.79 bits per heavy atom. The van der Waals surface area contributed by atoms with Crippen molar-refractivity contribution in [3.05, 3.63) is 22.7 Å². The average Bonchev–Trinajstić information content (AvgIpc) is 2.86. The third-order valence-corrected chi connectivity index (χ3v) is 3.82. The van der Waals surface area contributed by atoms with Gasteiger partial charge in [-0.15, -0.1) is 0 Å². The van der Waals surface area contributed by atoms with Gasteiger partial charge >= 0.3 is 23.6 Å². The molecule has 156 valence electrons. The van der Waals surface area contributed by atoms with Crippen molar-refractivity contribution in [3.8, 4) is 0 Å². The molecule has 28 heavy (non-hydrogen) atoms. The monoisotopic (exact) mass is 406 g/mol. The molecule has 1 aliphatic heterocycles. The van der Waals surface area contributed by atoms with Gasteiger partial charge < -0.3 is 30.4 Å². The zero-order chi connectivity index (χ0) is 20.9. The van der Waals surface area contributed by atoms with Crippen LogP contribution in [0.15, 0.2) is 17.1 Å². The van der Waals surface area contributed by atoms with Crippen LogP contribution in [-0.4, -0.2) is 71.5 Å². The quantitative estimate of drug-likeness (QED) is 0.431. The predicted octanol–water partition coefficient (Wildman–Crippen LogP) is -1.58. The van der Waals surface area contributed by atoms with Gasteiger partial charge in [0.1, 0.15) is 18.5 Å². The Morgan fingerprint density at radius 1 is 1.43 bits per heavy atom. The number of rotatable bonds is 8. The standard InChI is InChI=1S/C15H20F2N4O7/c1-19-4-2-10(22)27-7-11(23)26-6-8-12(24)15(16,17)13(28-8)21-5-3-9(18)20-14(21)25/h3,5,8,12-13,19,24H,2,4,6-7H2,1H3,(H2,18,20,25)/t8-,12-,13-/m0/s1. The molecule has 0 radical (unpaired) electrons. The summed E-state index contributed by atoms with van der Waals surface area (Å²) in [5, 5.41) is 12.5. The molecule has 1 aromatic heterocycles. The van der Waals surface area contributed by atoms with E-state index in [1.807, 2.05) is 0 Å². The zero-order valence-corrected chi connectivity index (χ0v) is 14.8. The van der Waals surface area contributed by atoms with E-state index < -0.39 is 55.2 Å². The molecule has 4 N–H and O–H groups in total. The van der Waals surface area contributed by atoms with Gasteiger partial charge in [0.05, 0.1) is 6.42 Å². The SMILES string of the molecule is CNCCC(=O)OCC(=O)OC[C@@H]1O[C@H](n2ccc(N)nc2=O)C(F)(F)[C@H]1O. The van der Waals surface area contributed by atoms with Gasteiger partial charge in [0.15, 0.2) is 12.7 Å². The number of carbonyl (C=O) groups excluding carboxylic acids is 2. The van der Waals surface area contributed by atoms with E-state index in [4.69, 9.17) is 15.2 Å². The summed E-state index contributed by atoms with van der Waals surface area (Å²) in [5.41, 5.74) is 4.21. The second-order valence-corrected chi connectivity index (χ2v) is 5.89. The minimum Gasteiger partial charge on any atom is -0.460 e. The van der Waals surface area contributed by atoms with Gasteiger partial charge in [-0.05, 0) is 13.1 Å². The van der Waals surface area contributed by atoms with Gasteiger partial charge in [-0.1, -0.05) is 0 Å². The van der Waals surface area contributed by atoms with E-state index in [1.165, 1.54) is 0 Å². The molecule has 0 spiro atoms. The lowest BCUT2D eigenvalue weighted by atomic mass is 10.1. The molecule has 1 fully saturated rings. The second kappa shape index (κ2) is 9.03. The molecule has 2 heterocycles. The first-order valence-electron chi connectivity index (χ1n) is 8.18. The van der Waals surface area contributed by atoms with Crippen molar-refractivity contribution in [2.75, 3.05) is 32.5 Å². The fourth-order valence-corrected chi connectivity index (χ4v) is 2.37. The number of halogens is 2. The summed E-state index contributed by atoms with van der Waals surface area (Å²) >= 11 is 0. The maximum atomic E-state index is 14.3. The largest absolute Gasteiger partial charge is 0.460 e. The van der Waals surface area contributed by atoms with Crippen molar-refractivity contribution < 1.29 is 37.7 Å². The fraction of sp³-hybridized carbons (Fsp3) is 0.600. The van der Waals surface area contributed by atoms with E-state index in [9.17, 15) is 28.3 Å². The molecule has 2 rings (SSSR count). The molecule has 1 aliphatic rings. The zero-order valence-electron chi connectivity index (χ0n) is 14.8. The number of anilines is 1. The number of nitrogens with one attached hydrogen (secondary N) is 1. The number of aliphatic hydroxyl groups is 1. The molecule has 3 atom stereocenters. The number of nitrogen functional groups attached to an aromatic ring is 1. The Bertz CT molecular complexity index is 773. The number of hydrogen-bond acceptors (Lipinski definition) is 10. The van der Waals surface area contributed by atoms with Crippen LogP contribution in [0.25, 0.3) is 0 Å². The Labute approximate surface area is 157 Å². The van der Waals surface area contributed by atoms with Crippen LogP contribution >= 0.6 is 0 Å². The normalized spacial score (nSPS) is 23.4. The minimum atomic E-state index is -3.86. The fourth-order valence-electron chi connectivity index (χ4n) is 2.37. The predicted molar refractivity (Wildman–Crippen MR) is 88.2 cm³/mol. The van der Waals surface area contributed by atoms with Gasteiger partial charge in [0.25, 0.3) is 0 Å². The van der Waals surface area contributed by atoms with Crippen molar-refractivity contribution in [2.45, 2.75) is 30.8 Å². The summed E-state index contributed by atoms with van der Waals surface area (Å²) in [6.45, 7) is -1.10. The topological polar surface area (TPSA) is 155 Å². The molecule has 0 saturated carbocycles. The Kier molecular flexibility index (Phi) is 6.99. The van der Waals surface area contributed by atoms with Crippen molar-refractivity contribution >= 4 is 17.8 Å². The van der Waals surface area contributed by atoms with Crippen molar-refractivity contribution in [2.24, 2.45) is 0 Å². The van der Waals surface area contributed by atoms with Crippen molar-refractivity contribution in [1.82, 2.24) is 14.9 Å². The van der Waals surface area contributed by atoms with Crippen LogP contribution in [0.2, 0.25) is 0 Å². The Hall–Kier alpha value is -2.64. The average molecular weight is 406 g/mol. The summed E-state index contributed by atoms with van der Waals surface area (Å²) in [6, 6.07) is 1.11. The van der Waals surface area contributed by atoms with Gasteiger partial charge in [0, 0.05) is 12.7 Å². The number of esters is 2. The molecule has 1 saturated heterocycles. The summed E-state index contributed by atoms with van der Waals surface area (Å²) in [5.74, 6) is -5.69. The molecule has 0 aliphatic carbocycles. The summed E-state index contributed by atoms with van der Waals surface area (Å²) in [7, 11) is 1.63. The third kappa shape index (κ3) is 4.99. The molecule has 13 heteroatoms. The van der Waals surface area contributed by atoms with Crippen LogP contribution in [0.1, 0.15) is 12.6 Å². The third-order valence-electron chi connectivity index (χ3n) is 3.82. The van der Waals surface area contributed by atoms with Gasteiger partial charge in [0.2, 0.25) is 6.23 Å². The maximum absolute atomic E-state index is 14.3. The summed E-state index contributed by atoms with van der Waals surface area (Å²) < 4.78 is 43.4. The number of aliphatic hydroxyl groups excluding tert-OH is 1. The number of hydrogen-bond donors (Lipinski definition) is 3. The van der Waals surface area contributed by atoms with Crippen LogP contribution in [-0.2, 0) is 23.8 Å². The maximum Gasteiger partial charge on any atom is 0.351 e. The molecule has 11 nitrogen and oxygen atoms in total. The highest BCUT2D eigenvalue weighted by molar-refractivity contribution is 5.76. The lowest BCUT2D eigenvalue weighted by Crippen LogP contribution is -2.42. The van der Waals surface area contributed by atoms with Gasteiger partial charge in [-0.3, -0.25) is 9.36 Å². The van der Waals surface area contributed by atoms with Crippen LogP contribution in [0, 0.1) is 0 Å². The first-order valence-corrected chi connectivity index (χ1v) is 8.18. The van der Waals surface area contributed by atoms with Crippen LogP contribution < -0.4 is 16.7 Å². The molecule has 0 unspecified atom stereocenters. The van der Waals surface area contributed by atoms with E-state index in [0.29, 0.717) is 11.1 Å². The Balaban J connectivity index is 1.93. The molecule has 0 aromatic carbocycles. The first kappa shape index (κ1) is 21.7. The lowest BCUT2D eigenvalue weighted by molar-refractivity contribution is -0.162. The van der Waals surface area contributed by atoms with Crippen LogP contribution in [0.3, 0.4) is 0 Å².